The molecule has 0 aliphatic carbocycles. The summed E-state index contributed by atoms with van der Waals surface area (Å²) in [6, 6.07) is 8.32. The molecule has 0 bridgehead atoms. The van der Waals surface area contributed by atoms with Gasteiger partial charge in [0.1, 0.15) is 0 Å². The molecule has 3 N–H and O–H groups in total. The second-order valence-corrected chi connectivity index (χ2v) is 5.02. The van der Waals surface area contributed by atoms with Gasteiger partial charge in [-0.15, -0.1) is 0 Å². The molecule has 0 saturated heterocycles. The van der Waals surface area contributed by atoms with Crippen LogP contribution in [0.25, 0.3) is 6.08 Å². The van der Waals surface area contributed by atoms with E-state index in [0.717, 1.165) is 37.2 Å². The van der Waals surface area contributed by atoms with Crippen LogP contribution in [0.1, 0.15) is 25.8 Å². The predicted octanol–water partition coefficient (Wildman–Crippen LogP) is 2.13. The monoisotopic (exact) mass is 275 g/mol. The van der Waals surface area contributed by atoms with E-state index in [1.807, 2.05) is 24.3 Å². The standard InChI is InChI=1S/C16H25N3O/c1-14(2)19(12-10-18-13-20)11-6-5-8-15-7-3-4-9-16(15)17/h3-5,7-9,13-14H,6,10-12,17H2,1-2H3,(H,18,20)/b8-5+. The Morgan fingerprint density at radius 2 is 2.05 bits per heavy atom. The molecule has 20 heavy (non-hydrogen) atoms. The molecule has 0 unspecified atom stereocenters. The number of amides is 1. The Balaban J connectivity index is 2.40. The van der Waals surface area contributed by atoms with Gasteiger partial charge < -0.3 is 11.1 Å². The summed E-state index contributed by atoms with van der Waals surface area (Å²) in [4.78, 5) is 12.6. The average molecular weight is 275 g/mol. The minimum absolute atomic E-state index is 0.471. The molecule has 1 aromatic carbocycles. The van der Waals surface area contributed by atoms with Gasteiger partial charge in [0.25, 0.3) is 0 Å². The zero-order valence-corrected chi connectivity index (χ0v) is 12.4. The Kier molecular flexibility index (Phi) is 7.43. The van der Waals surface area contributed by atoms with Crippen LogP contribution >= 0.6 is 0 Å². The second-order valence-electron chi connectivity index (χ2n) is 5.02. The van der Waals surface area contributed by atoms with Crippen LogP contribution in [-0.4, -0.2) is 37.0 Å². The van der Waals surface area contributed by atoms with Gasteiger partial charge in [-0.05, 0) is 31.9 Å². The van der Waals surface area contributed by atoms with Crippen LogP contribution in [0.3, 0.4) is 0 Å². The molecule has 0 spiro atoms. The van der Waals surface area contributed by atoms with Crippen molar-refractivity contribution in [3.05, 3.63) is 35.9 Å². The summed E-state index contributed by atoms with van der Waals surface area (Å²) in [6.45, 7) is 6.87. The van der Waals surface area contributed by atoms with Crippen molar-refractivity contribution < 1.29 is 4.79 Å². The van der Waals surface area contributed by atoms with Gasteiger partial charge in [0.05, 0.1) is 0 Å². The van der Waals surface area contributed by atoms with Gasteiger partial charge >= 0.3 is 0 Å². The molecule has 110 valence electrons. The fourth-order valence-corrected chi connectivity index (χ4v) is 2.01. The van der Waals surface area contributed by atoms with E-state index < -0.39 is 0 Å². The third-order valence-electron chi connectivity index (χ3n) is 3.23. The fourth-order valence-electron chi connectivity index (χ4n) is 2.01. The van der Waals surface area contributed by atoms with E-state index in [9.17, 15) is 4.79 Å². The molecular weight excluding hydrogens is 250 g/mol. The molecule has 4 nitrogen and oxygen atoms in total. The first-order chi connectivity index (χ1) is 9.65. The van der Waals surface area contributed by atoms with Crippen LogP contribution in [-0.2, 0) is 4.79 Å². The Morgan fingerprint density at radius 1 is 1.30 bits per heavy atom. The van der Waals surface area contributed by atoms with Crippen LogP contribution in [0, 0.1) is 0 Å². The molecule has 0 aliphatic heterocycles. The van der Waals surface area contributed by atoms with Crippen LogP contribution < -0.4 is 11.1 Å². The van der Waals surface area contributed by atoms with E-state index in [-0.39, 0.29) is 0 Å². The number of nitrogens with two attached hydrogens (primary N) is 1. The number of nitrogens with zero attached hydrogens (tertiary/aromatic N) is 1. The molecule has 1 amide bonds. The Hall–Kier alpha value is -1.81. The first-order valence-electron chi connectivity index (χ1n) is 7.07. The molecule has 0 radical (unpaired) electrons. The highest BCUT2D eigenvalue weighted by atomic mass is 16.1. The van der Waals surface area contributed by atoms with Gasteiger partial charge in [0, 0.05) is 31.4 Å². The van der Waals surface area contributed by atoms with E-state index in [2.05, 4.69) is 36.2 Å². The molecule has 0 atom stereocenters. The maximum absolute atomic E-state index is 10.3. The highest BCUT2D eigenvalue weighted by Gasteiger charge is 2.07. The summed E-state index contributed by atoms with van der Waals surface area (Å²) < 4.78 is 0. The van der Waals surface area contributed by atoms with E-state index >= 15 is 0 Å². The molecule has 0 aromatic heterocycles. The SMILES string of the molecule is CC(C)N(CC/C=C/c1ccccc1N)CCNC=O. The first-order valence-corrected chi connectivity index (χ1v) is 7.07. The number of carbonyl (C=O) groups is 1. The van der Waals surface area contributed by atoms with E-state index in [1.165, 1.54) is 0 Å². The van der Waals surface area contributed by atoms with Gasteiger partial charge in [-0.3, -0.25) is 9.69 Å². The zero-order valence-electron chi connectivity index (χ0n) is 12.4. The molecule has 0 heterocycles. The number of para-hydroxylation sites is 1. The largest absolute Gasteiger partial charge is 0.398 e. The summed E-state index contributed by atoms with van der Waals surface area (Å²) in [5.74, 6) is 0. The maximum atomic E-state index is 10.3. The lowest BCUT2D eigenvalue weighted by Gasteiger charge is -2.25. The Morgan fingerprint density at radius 3 is 2.70 bits per heavy atom. The summed E-state index contributed by atoms with van der Waals surface area (Å²) in [6.07, 6.45) is 5.93. The molecule has 0 fully saturated rings. The topological polar surface area (TPSA) is 58.4 Å². The van der Waals surface area contributed by atoms with Crippen LogP contribution in [0.15, 0.2) is 30.3 Å². The Labute approximate surface area is 121 Å². The summed E-state index contributed by atoms with van der Waals surface area (Å²) in [5, 5.41) is 2.70. The number of hydrogen-bond donors (Lipinski definition) is 2. The molecule has 0 aliphatic rings. The molecule has 1 aromatic rings. The van der Waals surface area contributed by atoms with Gasteiger partial charge in [0.2, 0.25) is 6.41 Å². The van der Waals surface area contributed by atoms with Crippen molar-refractivity contribution in [2.45, 2.75) is 26.3 Å². The molecule has 4 heteroatoms. The van der Waals surface area contributed by atoms with Crippen molar-refractivity contribution >= 4 is 18.2 Å². The summed E-state index contributed by atoms with van der Waals surface area (Å²) in [5.41, 5.74) is 7.76. The number of anilines is 1. The van der Waals surface area contributed by atoms with Crippen LogP contribution in [0.2, 0.25) is 0 Å². The van der Waals surface area contributed by atoms with Gasteiger partial charge in [0.15, 0.2) is 0 Å². The quantitative estimate of drug-likeness (QED) is 0.412. The lowest BCUT2D eigenvalue weighted by atomic mass is 10.1. The van der Waals surface area contributed by atoms with Crippen molar-refractivity contribution in [2.75, 3.05) is 25.4 Å². The first kappa shape index (κ1) is 16.2. The van der Waals surface area contributed by atoms with Gasteiger partial charge in [-0.2, -0.15) is 0 Å². The van der Waals surface area contributed by atoms with E-state index in [0.29, 0.717) is 12.6 Å². The van der Waals surface area contributed by atoms with Crippen LogP contribution in [0.5, 0.6) is 0 Å². The van der Waals surface area contributed by atoms with Crippen molar-refractivity contribution in [1.29, 1.82) is 0 Å². The molecule has 1 rings (SSSR count). The van der Waals surface area contributed by atoms with Crippen molar-refractivity contribution in [1.82, 2.24) is 10.2 Å². The van der Waals surface area contributed by atoms with Crippen molar-refractivity contribution in [3.63, 3.8) is 0 Å². The number of hydrogen-bond acceptors (Lipinski definition) is 3. The summed E-state index contributed by atoms with van der Waals surface area (Å²) >= 11 is 0. The lowest BCUT2D eigenvalue weighted by Crippen LogP contribution is -2.37. The summed E-state index contributed by atoms with van der Waals surface area (Å²) in [7, 11) is 0. The number of nitrogens with one attached hydrogen (secondary N) is 1. The lowest BCUT2D eigenvalue weighted by molar-refractivity contribution is -0.109. The molecular formula is C16H25N3O. The zero-order chi connectivity index (χ0) is 14.8. The van der Waals surface area contributed by atoms with Gasteiger partial charge in [-0.1, -0.05) is 30.4 Å². The predicted molar refractivity (Wildman–Crippen MR) is 85.3 cm³/mol. The number of rotatable bonds is 9. The highest BCUT2D eigenvalue weighted by Crippen LogP contribution is 2.12. The maximum Gasteiger partial charge on any atom is 0.207 e. The number of nitrogen functional groups attached to an aromatic ring is 1. The number of benzene rings is 1. The van der Waals surface area contributed by atoms with Crippen molar-refractivity contribution in [2.24, 2.45) is 0 Å². The second kappa shape index (κ2) is 9.15. The normalized spacial score (nSPS) is 11.4. The van der Waals surface area contributed by atoms with E-state index in [4.69, 9.17) is 5.73 Å². The average Bonchev–Trinajstić information content (AvgIpc) is 2.43. The fraction of sp³-hybridized carbons (Fsp3) is 0.438. The highest BCUT2D eigenvalue weighted by molar-refractivity contribution is 5.63. The third kappa shape index (κ3) is 5.89. The number of carbonyl (C=O) groups excluding carboxylic acids is 1. The van der Waals surface area contributed by atoms with Crippen molar-refractivity contribution in [3.8, 4) is 0 Å². The Bertz CT molecular complexity index is 429. The third-order valence-corrected chi connectivity index (χ3v) is 3.23. The van der Waals surface area contributed by atoms with Gasteiger partial charge in [-0.25, -0.2) is 0 Å². The minimum Gasteiger partial charge on any atom is -0.398 e. The smallest absolute Gasteiger partial charge is 0.207 e. The van der Waals surface area contributed by atoms with Crippen LogP contribution in [0.4, 0.5) is 5.69 Å². The molecule has 0 saturated carbocycles. The van der Waals surface area contributed by atoms with E-state index in [1.54, 1.807) is 0 Å². The minimum atomic E-state index is 0.471.